The van der Waals surface area contributed by atoms with Gasteiger partial charge in [0.05, 0.1) is 5.69 Å². The van der Waals surface area contributed by atoms with E-state index in [0.29, 0.717) is 10.8 Å². The second kappa shape index (κ2) is 4.87. The maximum absolute atomic E-state index is 11.3. The van der Waals surface area contributed by atoms with Crippen LogP contribution in [0.2, 0.25) is 10.3 Å². The SMILES string of the molecule is NC(=O)c1c(Nc2nccs2)cc(Cl)nc1Cl. The van der Waals surface area contributed by atoms with Gasteiger partial charge in [0.15, 0.2) is 5.13 Å². The predicted octanol–water partition coefficient (Wildman–Crippen LogP) is 2.69. The van der Waals surface area contributed by atoms with E-state index < -0.39 is 5.91 Å². The van der Waals surface area contributed by atoms with Gasteiger partial charge in [-0.25, -0.2) is 9.97 Å². The van der Waals surface area contributed by atoms with E-state index >= 15 is 0 Å². The number of nitrogens with zero attached hydrogens (tertiary/aromatic N) is 2. The van der Waals surface area contributed by atoms with Crippen molar-refractivity contribution in [3.8, 4) is 0 Å². The Morgan fingerprint density at radius 3 is 2.82 bits per heavy atom. The molecule has 0 saturated heterocycles. The predicted molar refractivity (Wildman–Crippen MR) is 68.2 cm³/mol. The fourth-order valence-corrected chi connectivity index (χ4v) is 2.28. The molecular weight excluding hydrogens is 283 g/mol. The van der Waals surface area contributed by atoms with Gasteiger partial charge in [-0.1, -0.05) is 23.2 Å². The van der Waals surface area contributed by atoms with Crippen LogP contribution in [0.15, 0.2) is 17.6 Å². The summed E-state index contributed by atoms with van der Waals surface area (Å²) in [5.41, 5.74) is 5.71. The molecule has 2 aromatic heterocycles. The summed E-state index contributed by atoms with van der Waals surface area (Å²) in [5, 5.41) is 5.43. The Labute approximate surface area is 111 Å². The van der Waals surface area contributed by atoms with Crippen molar-refractivity contribution in [2.75, 3.05) is 5.32 Å². The lowest BCUT2D eigenvalue weighted by atomic mass is 10.2. The molecule has 0 fully saturated rings. The van der Waals surface area contributed by atoms with Gasteiger partial charge in [0.1, 0.15) is 15.9 Å². The zero-order valence-corrected chi connectivity index (χ0v) is 10.6. The lowest BCUT2D eigenvalue weighted by Crippen LogP contribution is -2.14. The van der Waals surface area contributed by atoms with Gasteiger partial charge in [-0.05, 0) is 6.07 Å². The van der Waals surface area contributed by atoms with Crippen LogP contribution in [0.25, 0.3) is 0 Å². The maximum Gasteiger partial charge on any atom is 0.253 e. The van der Waals surface area contributed by atoms with Crippen LogP contribution < -0.4 is 11.1 Å². The van der Waals surface area contributed by atoms with Crippen LogP contribution in [-0.2, 0) is 0 Å². The number of anilines is 2. The monoisotopic (exact) mass is 288 g/mol. The molecule has 0 aliphatic rings. The summed E-state index contributed by atoms with van der Waals surface area (Å²) < 4.78 is 0. The van der Waals surface area contributed by atoms with Crippen LogP contribution in [0.5, 0.6) is 0 Å². The fraction of sp³-hybridized carbons (Fsp3) is 0. The number of hydrogen-bond acceptors (Lipinski definition) is 5. The van der Waals surface area contributed by atoms with E-state index in [4.69, 9.17) is 28.9 Å². The van der Waals surface area contributed by atoms with Crippen molar-refractivity contribution in [2.45, 2.75) is 0 Å². The summed E-state index contributed by atoms with van der Waals surface area (Å²) in [6, 6.07) is 1.47. The standard InChI is InChI=1S/C9H6Cl2N4OS/c10-5-3-4(14-9-13-1-2-17-9)6(8(12)16)7(11)15-5/h1-3H,(H2,12,16)(H,13,14,15). The van der Waals surface area contributed by atoms with Crippen LogP contribution in [0, 0.1) is 0 Å². The molecule has 3 N–H and O–H groups in total. The van der Waals surface area contributed by atoms with Crippen LogP contribution >= 0.6 is 34.5 Å². The van der Waals surface area contributed by atoms with E-state index in [1.165, 1.54) is 17.4 Å². The lowest BCUT2D eigenvalue weighted by molar-refractivity contribution is 0.100. The number of carbonyl (C=O) groups is 1. The van der Waals surface area contributed by atoms with E-state index in [0.717, 1.165) is 0 Å². The number of hydrogen-bond donors (Lipinski definition) is 2. The Morgan fingerprint density at radius 1 is 1.47 bits per heavy atom. The third-order valence-electron chi connectivity index (χ3n) is 1.86. The zero-order chi connectivity index (χ0) is 12.4. The third-order valence-corrected chi connectivity index (χ3v) is 3.02. The molecular formula is C9H6Cl2N4OS. The molecule has 17 heavy (non-hydrogen) atoms. The molecule has 0 aromatic carbocycles. The van der Waals surface area contributed by atoms with Crippen LogP contribution in [0.4, 0.5) is 10.8 Å². The molecule has 0 aliphatic carbocycles. The van der Waals surface area contributed by atoms with Crippen molar-refractivity contribution in [1.82, 2.24) is 9.97 Å². The molecule has 0 radical (unpaired) electrons. The Kier molecular flexibility index (Phi) is 3.46. The van der Waals surface area contributed by atoms with Gasteiger partial charge in [-0.2, -0.15) is 0 Å². The van der Waals surface area contributed by atoms with E-state index in [1.807, 2.05) is 0 Å². The molecule has 0 saturated carbocycles. The molecule has 0 unspecified atom stereocenters. The van der Waals surface area contributed by atoms with E-state index in [1.54, 1.807) is 11.6 Å². The Bertz CT molecular complexity index is 558. The Balaban J connectivity index is 2.47. The summed E-state index contributed by atoms with van der Waals surface area (Å²) in [6.07, 6.45) is 1.63. The minimum Gasteiger partial charge on any atom is -0.365 e. The van der Waals surface area contributed by atoms with Gasteiger partial charge >= 0.3 is 0 Å². The summed E-state index contributed by atoms with van der Waals surface area (Å²) in [6.45, 7) is 0. The second-order valence-corrected chi connectivity index (χ2v) is 4.62. The van der Waals surface area contributed by atoms with Crippen molar-refractivity contribution in [3.63, 3.8) is 0 Å². The number of amides is 1. The molecule has 2 rings (SSSR count). The zero-order valence-electron chi connectivity index (χ0n) is 8.28. The first-order valence-corrected chi connectivity index (χ1v) is 6.04. The van der Waals surface area contributed by atoms with Crippen molar-refractivity contribution >= 4 is 51.3 Å². The molecule has 1 amide bonds. The highest BCUT2D eigenvalue weighted by atomic mass is 35.5. The number of nitrogens with one attached hydrogen (secondary N) is 1. The van der Waals surface area contributed by atoms with Gasteiger partial charge in [0.25, 0.3) is 5.91 Å². The fourth-order valence-electron chi connectivity index (χ4n) is 1.22. The van der Waals surface area contributed by atoms with Gasteiger partial charge in [-0.3, -0.25) is 4.79 Å². The summed E-state index contributed by atoms with van der Waals surface area (Å²) in [5.74, 6) is -0.682. The lowest BCUT2D eigenvalue weighted by Gasteiger charge is -2.09. The minimum atomic E-state index is -0.682. The second-order valence-electron chi connectivity index (χ2n) is 2.98. The van der Waals surface area contributed by atoms with Crippen LogP contribution in [-0.4, -0.2) is 15.9 Å². The smallest absolute Gasteiger partial charge is 0.253 e. The number of nitrogens with two attached hydrogens (primary N) is 1. The van der Waals surface area contributed by atoms with Crippen LogP contribution in [0.1, 0.15) is 10.4 Å². The first-order valence-electron chi connectivity index (χ1n) is 4.40. The minimum absolute atomic E-state index is 0.0379. The number of pyridine rings is 1. The molecule has 88 valence electrons. The highest BCUT2D eigenvalue weighted by Gasteiger charge is 2.16. The number of aromatic nitrogens is 2. The molecule has 2 aromatic rings. The van der Waals surface area contributed by atoms with Gasteiger partial charge in [-0.15, -0.1) is 11.3 Å². The number of primary amides is 1. The number of thiazole rings is 1. The average molecular weight is 289 g/mol. The van der Waals surface area contributed by atoms with Gasteiger partial charge in [0.2, 0.25) is 0 Å². The molecule has 8 heteroatoms. The van der Waals surface area contributed by atoms with E-state index in [2.05, 4.69) is 15.3 Å². The first-order chi connectivity index (χ1) is 8.08. The Hall–Kier alpha value is -1.37. The van der Waals surface area contributed by atoms with Crippen molar-refractivity contribution in [3.05, 3.63) is 33.5 Å². The highest BCUT2D eigenvalue weighted by molar-refractivity contribution is 7.13. The van der Waals surface area contributed by atoms with Crippen LogP contribution in [0.3, 0.4) is 0 Å². The number of carbonyl (C=O) groups excluding carboxylic acids is 1. The topological polar surface area (TPSA) is 80.9 Å². The summed E-state index contributed by atoms with van der Waals surface area (Å²) >= 11 is 12.9. The quantitative estimate of drug-likeness (QED) is 0.851. The van der Waals surface area contributed by atoms with E-state index in [9.17, 15) is 4.79 Å². The normalized spacial score (nSPS) is 10.2. The molecule has 0 bridgehead atoms. The molecule has 0 aliphatic heterocycles. The number of rotatable bonds is 3. The molecule has 2 heterocycles. The highest BCUT2D eigenvalue weighted by Crippen LogP contribution is 2.28. The maximum atomic E-state index is 11.3. The summed E-state index contributed by atoms with van der Waals surface area (Å²) in [4.78, 5) is 19.1. The third kappa shape index (κ3) is 2.66. The first kappa shape index (κ1) is 12.1. The van der Waals surface area contributed by atoms with Crippen molar-refractivity contribution < 1.29 is 4.79 Å². The summed E-state index contributed by atoms with van der Waals surface area (Å²) in [7, 11) is 0. The molecule has 0 atom stereocenters. The largest absolute Gasteiger partial charge is 0.365 e. The molecule has 5 nitrogen and oxygen atoms in total. The Morgan fingerprint density at radius 2 is 2.24 bits per heavy atom. The van der Waals surface area contributed by atoms with E-state index in [-0.39, 0.29) is 15.9 Å². The van der Waals surface area contributed by atoms with Crippen molar-refractivity contribution in [2.24, 2.45) is 5.73 Å². The van der Waals surface area contributed by atoms with Gasteiger partial charge < -0.3 is 11.1 Å². The molecule has 0 spiro atoms. The number of halogens is 2. The average Bonchev–Trinajstić information content (AvgIpc) is 2.68. The van der Waals surface area contributed by atoms with Crippen molar-refractivity contribution in [1.29, 1.82) is 0 Å². The van der Waals surface area contributed by atoms with Gasteiger partial charge in [0, 0.05) is 11.6 Å².